The van der Waals surface area contributed by atoms with Crippen molar-refractivity contribution in [2.24, 2.45) is 11.8 Å². The van der Waals surface area contributed by atoms with Crippen LogP contribution in [0.4, 0.5) is 0 Å². The van der Waals surface area contributed by atoms with E-state index in [-0.39, 0.29) is 24.1 Å². The van der Waals surface area contributed by atoms with Crippen LogP contribution in [-0.2, 0) is 25.5 Å². The molecule has 51 heavy (non-hydrogen) atoms. The van der Waals surface area contributed by atoms with Gasteiger partial charge < -0.3 is 14.6 Å². The van der Waals surface area contributed by atoms with Gasteiger partial charge in [-0.15, -0.1) is 0 Å². The Morgan fingerprint density at radius 3 is 1.73 bits per heavy atom. The molecule has 2 aliphatic rings. The number of aliphatic hydroxyl groups excluding tert-OH is 1. The van der Waals surface area contributed by atoms with Crippen LogP contribution in [-0.4, -0.2) is 36.9 Å². The third kappa shape index (κ3) is 13.7. The van der Waals surface area contributed by atoms with Crippen LogP contribution in [0.2, 0.25) is 0 Å². The highest BCUT2D eigenvalue weighted by atomic mass is 16.5. The number of ether oxygens (including phenoxy) is 2. The number of carbonyl (C=O) groups excluding carboxylic acids is 2. The van der Waals surface area contributed by atoms with Crippen LogP contribution >= 0.6 is 0 Å². The second-order valence-corrected chi connectivity index (χ2v) is 15.7. The molecule has 1 unspecified atom stereocenters. The lowest BCUT2D eigenvalue weighted by molar-refractivity contribution is -0.140. The van der Waals surface area contributed by atoms with Crippen molar-refractivity contribution in [3.05, 3.63) is 95.1 Å². The Hall–Kier alpha value is -3.18. The number of hydrogen-bond acceptors (Lipinski definition) is 5. The molecule has 5 nitrogen and oxygen atoms in total. The van der Waals surface area contributed by atoms with Gasteiger partial charge in [-0.3, -0.25) is 0 Å². The highest BCUT2D eigenvalue weighted by Crippen LogP contribution is 2.41. The predicted molar refractivity (Wildman–Crippen MR) is 209 cm³/mol. The van der Waals surface area contributed by atoms with Crippen LogP contribution in [0.25, 0.3) is 0 Å². The zero-order valence-corrected chi connectivity index (χ0v) is 31.8. The Bertz CT molecular complexity index is 1340. The number of unbranched alkanes of at least 4 members (excludes halogenated alkanes) is 2. The van der Waals surface area contributed by atoms with E-state index in [2.05, 4.69) is 68.6 Å². The number of aliphatic hydroxyl groups is 1. The molecule has 2 aromatic rings. The van der Waals surface area contributed by atoms with E-state index in [4.69, 9.17) is 14.6 Å². The highest BCUT2D eigenvalue weighted by Gasteiger charge is 2.25. The van der Waals surface area contributed by atoms with Crippen molar-refractivity contribution >= 4 is 11.9 Å². The first-order chi connectivity index (χ1) is 24.8. The quantitative estimate of drug-likeness (QED) is 0.0798. The third-order valence-corrected chi connectivity index (χ3v) is 11.8. The molecular formula is C46H66O5. The van der Waals surface area contributed by atoms with Gasteiger partial charge in [-0.05, 0) is 123 Å². The molecule has 0 bridgehead atoms. The Labute approximate surface area is 309 Å². The summed E-state index contributed by atoms with van der Waals surface area (Å²) in [6.45, 7) is 11.4. The number of rotatable bonds is 21. The maximum absolute atomic E-state index is 11.9. The first-order valence-corrected chi connectivity index (χ1v) is 20.2. The second-order valence-electron chi connectivity index (χ2n) is 15.7. The summed E-state index contributed by atoms with van der Waals surface area (Å²) >= 11 is 0. The number of hydrogen-bond donors (Lipinski definition) is 1. The Morgan fingerprint density at radius 1 is 0.706 bits per heavy atom. The zero-order valence-electron chi connectivity index (χ0n) is 31.8. The first-order valence-electron chi connectivity index (χ1n) is 20.2. The monoisotopic (exact) mass is 698 g/mol. The van der Waals surface area contributed by atoms with E-state index in [9.17, 15) is 9.59 Å². The highest BCUT2D eigenvalue weighted by molar-refractivity contribution is 5.88. The molecule has 0 aromatic heterocycles. The molecule has 2 fully saturated rings. The summed E-state index contributed by atoms with van der Waals surface area (Å²) in [4.78, 5) is 23.7. The van der Waals surface area contributed by atoms with Gasteiger partial charge in [0.25, 0.3) is 0 Å². The molecule has 1 atom stereocenters. The summed E-state index contributed by atoms with van der Waals surface area (Å²) in [6, 6.07) is 18.8. The summed E-state index contributed by atoms with van der Waals surface area (Å²) in [6.07, 6.45) is 22.1. The van der Waals surface area contributed by atoms with Crippen LogP contribution < -0.4 is 0 Å². The van der Waals surface area contributed by atoms with E-state index in [0.717, 1.165) is 31.1 Å². The minimum Gasteiger partial charge on any atom is -0.462 e. The normalized spacial score (nSPS) is 21.1. The fraction of sp³-hybridized carbons (Fsp3) is 0.609. The van der Waals surface area contributed by atoms with Crippen molar-refractivity contribution in [2.45, 2.75) is 147 Å². The molecule has 5 heteroatoms. The van der Waals surface area contributed by atoms with Crippen LogP contribution in [0.3, 0.4) is 0 Å². The smallest absolute Gasteiger partial charge is 0.335 e. The summed E-state index contributed by atoms with van der Waals surface area (Å²) in [7, 11) is 0. The Morgan fingerprint density at radius 2 is 1.22 bits per heavy atom. The molecule has 0 amide bonds. The largest absolute Gasteiger partial charge is 0.462 e. The van der Waals surface area contributed by atoms with Gasteiger partial charge in [-0.25, -0.2) is 9.59 Å². The van der Waals surface area contributed by atoms with Gasteiger partial charge in [-0.1, -0.05) is 120 Å². The summed E-state index contributed by atoms with van der Waals surface area (Å²) < 4.78 is 10.6. The van der Waals surface area contributed by atoms with Gasteiger partial charge in [0.2, 0.25) is 0 Å². The molecule has 0 aliphatic heterocycles. The lowest BCUT2D eigenvalue weighted by Crippen LogP contribution is -2.15. The first kappa shape index (κ1) is 40.6. The molecule has 0 spiro atoms. The topological polar surface area (TPSA) is 72.8 Å². The lowest BCUT2D eigenvalue weighted by Gasteiger charge is -2.30. The summed E-state index contributed by atoms with van der Waals surface area (Å²) in [5, 5.41) is 9.12. The van der Waals surface area contributed by atoms with Crippen molar-refractivity contribution in [1.29, 1.82) is 0 Å². The molecule has 0 heterocycles. The van der Waals surface area contributed by atoms with E-state index in [1.165, 1.54) is 112 Å². The fourth-order valence-electron chi connectivity index (χ4n) is 8.38. The average Bonchev–Trinajstić information content (AvgIpc) is 3.16. The number of carbonyl (C=O) groups is 2. The molecule has 4 rings (SSSR count). The number of esters is 2. The molecule has 0 radical (unpaired) electrons. The molecule has 2 aliphatic carbocycles. The maximum atomic E-state index is 11.9. The SMILES string of the molecule is C=C(C)C(=O)OCCCC(CCCOC(=O)C(=C)CO)c1ccc(C2CCC(c3ccc(CCC4CCC(CCCCC)CC4)cc3)CC2)cc1. The summed E-state index contributed by atoms with van der Waals surface area (Å²) in [5.41, 5.74) is 6.19. The van der Waals surface area contributed by atoms with Gasteiger partial charge in [0.1, 0.15) is 0 Å². The van der Waals surface area contributed by atoms with Crippen molar-refractivity contribution < 1.29 is 24.2 Å². The molecule has 2 saturated carbocycles. The minimum absolute atomic E-state index is 0.0688. The number of benzene rings is 2. The van der Waals surface area contributed by atoms with Gasteiger partial charge in [0, 0.05) is 5.57 Å². The Balaban J connectivity index is 1.22. The van der Waals surface area contributed by atoms with Crippen LogP contribution in [0.15, 0.2) is 72.8 Å². The zero-order chi connectivity index (χ0) is 36.4. The van der Waals surface area contributed by atoms with Crippen molar-refractivity contribution in [3.63, 3.8) is 0 Å². The molecule has 280 valence electrons. The molecule has 0 saturated heterocycles. The third-order valence-electron chi connectivity index (χ3n) is 11.8. The van der Waals surface area contributed by atoms with E-state index < -0.39 is 12.6 Å². The predicted octanol–water partition coefficient (Wildman–Crippen LogP) is 11.3. The van der Waals surface area contributed by atoms with Gasteiger partial charge in [0.05, 0.1) is 25.4 Å². The van der Waals surface area contributed by atoms with Crippen LogP contribution in [0.5, 0.6) is 0 Å². The van der Waals surface area contributed by atoms with E-state index >= 15 is 0 Å². The maximum Gasteiger partial charge on any atom is 0.335 e. The standard InChI is InChI=1S/C46H66O5/c1-5-6-7-10-36-13-15-37(16-14-36)17-18-38-19-21-40(22-20-38)42-27-29-44(30-28-42)43-25-23-41(24-26-43)39(11-8-31-50-45(48)34(2)3)12-9-32-51-46(49)35(4)33-47/h19-26,36-37,39,42,44,47H,2,4-18,27-33H2,1,3H3. The van der Waals surface area contributed by atoms with Crippen molar-refractivity contribution in [1.82, 2.24) is 0 Å². The lowest BCUT2D eigenvalue weighted by atomic mass is 9.75. The molecule has 2 aromatic carbocycles. The second kappa shape index (κ2) is 22.0. The number of aryl methyl sites for hydroxylation is 1. The average molecular weight is 699 g/mol. The van der Waals surface area contributed by atoms with E-state index in [0.29, 0.717) is 30.4 Å². The van der Waals surface area contributed by atoms with Crippen LogP contribution in [0.1, 0.15) is 163 Å². The molecular weight excluding hydrogens is 633 g/mol. The molecule has 1 N–H and O–H groups in total. The summed E-state index contributed by atoms with van der Waals surface area (Å²) in [5.74, 6) is 2.54. The van der Waals surface area contributed by atoms with Crippen molar-refractivity contribution in [2.75, 3.05) is 19.8 Å². The van der Waals surface area contributed by atoms with Gasteiger partial charge >= 0.3 is 11.9 Å². The Kier molecular flexibility index (Phi) is 17.5. The van der Waals surface area contributed by atoms with Gasteiger partial charge in [0.15, 0.2) is 0 Å². The van der Waals surface area contributed by atoms with Crippen LogP contribution in [0, 0.1) is 11.8 Å². The minimum atomic E-state index is -0.548. The van der Waals surface area contributed by atoms with Crippen molar-refractivity contribution in [3.8, 4) is 0 Å². The van der Waals surface area contributed by atoms with Gasteiger partial charge in [-0.2, -0.15) is 0 Å². The van der Waals surface area contributed by atoms with E-state index in [1.807, 2.05) is 0 Å². The fourth-order valence-corrected chi connectivity index (χ4v) is 8.38. The van der Waals surface area contributed by atoms with E-state index in [1.54, 1.807) is 6.92 Å².